The Bertz CT molecular complexity index is 2230. The van der Waals surface area contributed by atoms with Crippen molar-refractivity contribution < 1.29 is 72.8 Å². The average Bonchev–Trinajstić information content (AvgIpc) is 3.15. The van der Waals surface area contributed by atoms with Crippen LogP contribution in [-0.2, 0) is 85.9 Å². The predicted octanol–water partition coefficient (Wildman–Crippen LogP) is 15.0. The first-order valence-electron chi connectivity index (χ1n) is 23.2. The van der Waals surface area contributed by atoms with Crippen LogP contribution in [-0.4, -0.2) is 73.5 Å². The Morgan fingerprint density at radius 2 is 0.771 bits per heavy atom. The van der Waals surface area contributed by atoms with Gasteiger partial charge in [-0.3, -0.25) is 20.0 Å². The Morgan fingerprint density at radius 1 is 0.443 bits per heavy atom. The molecule has 4 N–H and O–H groups in total. The Morgan fingerprint density at radius 3 is 1.06 bits per heavy atom. The molecule has 0 saturated carbocycles. The number of aliphatic imine (C=N–C) groups is 4. The summed E-state index contributed by atoms with van der Waals surface area (Å²) in [6, 6.07) is 16.2. The molecule has 0 fully saturated rings. The van der Waals surface area contributed by atoms with Crippen LogP contribution >= 0.6 is 0 Å². The van der Waals surface area contributed by atoms with Gasteiger partial charge in [0.25, 0.3) is 0 Å². The van der Waals surface area contributed by atoms with Crippen molar-refractivity contribution in [2.75, 3.05) is 28.2 Å². The van der Waals surface area contributed by atoms with E-state index in [9.17, 15) is 20.4 Å². The molecule has 0 spiro atoms. The first kappa shape index (κ1) is 73.1. The molecule has 0 heterocycles. The third kappa shape index (κ3) is 22.9. The van der Waals surface area contributed by atoms with Crippen LogP contribution in [0.1, 0.15) is 184 Å². The van der Waals surface area contributed by atoms with Crippen molar-refractivity contribution in [1.29, 1.82) is 0 Å². The number of rotatable bonds is 6. The van der Waals surface area contributed by atoms with Gasteiger partial charge in [-0.05, 0) is 111 Å². The summed E-state index contributed by atoms with van der Waals surface area (Å²) in [7, 11) is 6.86. The molecule has 0 aliphatic rings. The fourth-order valence-electron chi connectivity index (χ4n) is 7.02. The van der Waals surface area contributed by atoms with Crippen LogP contribution in [0.15, 0.2) is 68.5 Å². The third-order valence-electron chi connectivity index (χ3n) is 10.9. The number of aryl methyl sites for hydroxylation is 2. The van der Waals surface area contributed by atoms with Gasteiger partial charge in [-0.1, -0.05) is 142 Å². The van der Waals surface area contributed by atoms with Crippen molar-refractivity contribution in [2.24, 2.45) is 25.9 Å². The van der Waals surface area contributed by atoms with E-state index >= 15 is 0 Å². The van der Waals surface area contributed by atoms with Gasteiger partial charge in [-0.25, -0.2) is 0 Å². The van der Waals surface area contributed by atoms with Crippen molar-refractivity contribution in [1.82, 2.24) is 0 Å². The van der Waals surface area contributed by atoms with Crippen LogP contribution in [0.5, 0.6) is 23.0 Å². The second-order valence-corrected chi connectivity index (χ2v) is 22.9. The molecule has 0 saturated heterocycles. The number of phenols is 4. The van der Waals surface area contributed by atoms with Gasteiger partial charge >= 0.3 is 0 Å². The molecule has 4 rings (SSSR count). The quantitative estimate of drug-likeness (QED) is 0.113. The summed E-state index contributed by atoms with van der Waals surface area (Å²) in [6.45, 7) is 40.5. The van der Waals surface area contributed by atoms with Gasteiger partial charge in [-0.2, -0.15) is 0 Å². The van der Waals surface area contributed by atoms with E-state index in [4.69, 9.17) is 0 Å². The van der Waals surface area contributed by atoms with Gasteiger partial charge in [0.05, 0.1) is 0 Å². The van der Waals surface area contributed by atoms with Crippen LogP contribution in [0.25, 0.3) is 0 Å². The summed E-state index contributed by atoms with van der Waals surface area (Å²) in [4.78, 5) is 15.9. The van der Waals surface area contributed by atoms with E-state index in [0.29, 0.717) is 28.9 Å². The molecule has 0 aromatic heterocycles. The summed E-state index contributed by atoms with van der Waals surface area (Å²) >= 11 is 0. The zero-order valence-corrected chi connectivity index (χ0v) is 53.2. The van der Waals surface area contributed by atoms with Gasteiger partial charge in [0, 0.05) is 139 Å². The number of hydrogen-bond acceptors (Lipinski definition) is 8. The third-order valence-corrected chi connectivity index (χ3v) is 10.9. The predicted molar refractivity (Wildman–Crippen MR) is 301 cm³/mol. The zero-order valence-electron chi connectivity index (χ0n) is 48.3. The topological polar surface area (TPSA) is 130 Å². The second kappa shape index (κ2) is 30.5. The van der Waals surface area contributed by atoms with Gasteiger partial charge in [0.1, 0.15) is 23.0 Å². The second-order valence-electron chi connectivity index (χ2n) is 22.9. The molecule has 0 bridgehead atoms. The number of hydrogen-bond donors (Lipinski definition) is 4. The van der Waals surface area contributed by atoms with Crippen molar-refractivity contribution in [3.05, 3.63) is 130 Å². The van der Waals surface area contributed by atoms with Crippen molar-refractivity contribution in [3.63, 3.8) is 0 Å². The molecule has 388 valence electrons. The van der Waals surface area contributed by atoms with Crippen LogP contribution in [0, 0.1) is 34.6 Å². The molecule has 10 heteroatoms. The van der Waals surface area contributed by atoms with Gasteiger partial charge in [-0.15, -0.1) is 0 Å². The largest absolute Gasteiger partial charge is 0.507 e. The molecule has 0 radical (unpaired) electrons. The maximum absolute atomic E-state index is 10.4. The van der Waals surface area contributed by atoms with Crippen molar-refractivity contribution in [3.8, 4) is 23.0 Å². The Labute approximate surface area is 466 Å². The van der Waals surface area contributed by atoms with E-state index < -0.39 is 0 Å². The first-order valence-corrected chi connectivity index (χ1v) is 23.2. The van der Waals surface area contributed by atoms with Gasteiger partial charge in [0.15, 0.2) is 0 Å². The van der Waals surface area contributed by atoms with Gasteiger partial charge in [0.2, 0.25) is 0 Å². The molecule has 70 heavy (non-hydrogen) atoms. The van der Waals surface area contributed by atoms with Crippen LogP contribution < -0.4 is 0 Å². The molecule has 0 amide bonds. The monoisotopic (exact) mass is 1110 g/mol. The van der Waals surface area contributed by atoms with Gasteiger partial charge < -0.3 is 35.3 Å². The molecule has 0 aliphatic heterocycles. The number of benzene rings is 4. The normalized spacial score (nSPS) is 11.9. The fraction of sp³-hybridized carbons (Fsp3) is 0.500. The van der Waals surface area contributed by atoms with E-state index in [1.807, 2.05) is 44.2 Å². The average molecular weight is 1120 g/mol. The molecule has 0 atom stereocenters. The van der Waals surface area contributed by atoms with Crippen molar-refractivity contribution in [2.45, 2.75) is 165 Å². The van der Waals surface area contributed by atoms with E-state index in [0.717, 1.165) is 56.5 Å². The minimum atomic E-state index is -0.0817. The minimum absolute atomic E-state index is 0. The molecular weight excluding hydrogens is 1020 g/mol. The maximum atomic E-state index is 10.4. The number of phenolic OH excluding ortho intramolecular Hbond substituents is 4. The van der Waals surface area contributed by atoms with Crippen LogP contribution in [0.4, 0.5) is 0 Å². The summed E-state index contributed by atoms with van der Waals surface area (Å²) in [6.07, 6.45) is 7.74. The molecule has 8 nitrogen and oxygen atoms in total. The zero-order chi connectivity index (χ0) is 51.3. The first-order chi connectivity index (χ1) is 30.0. The Kier molecular flexibility index (Phi) is 31.9. The Hall–Kier alpha value is -3.47. The Balaban J connectivity index is -0.000000408. The number of aromatic hydroxyl groups is 4. The summed E-state index contributed by atoms with van der Waals surface area (Å²) in [5, 5.41) is 40.6. The molecule has 4 aromatic rings. The van der Waals surface area contributed by atoms with E-state index in [-0.39, 0.29) is 94.3 Å². The van der Waals surface area contributed by atoms with E-state index in [1.54, 1.807) is 53.0 Å². The summed E-state index contributed by atoms with van der Waals surface area (Å²) in [5.41, 5.74) is 12.0. The number of nitrogens with zero attached hydrogens (tertiary/aromatic N) is 4. The van der Waals surface area contributed by atoms with E-state index in [1.165, 1.54) is 16.7 Å². The SMILES string of the molecule is CN=Cc1c(C)cc(C(C)(C)C)cc1O.CN=Cc1cc(C(C)(C)C)cc(C(C)(C)C)c1O.CN=Cc1cc(C(C)(C)C)cc(C(C)(C)C)c1O.CN=Cc1cc(C)cc(CC(C)C)c1O.[CH3-].[CH3-].[Zr].[Zr]. The smallest absolute Gasteiger partial charge is 0.128 e. The molecule has 4 aromatic carbocycles. The summed E-state index contributed by atoms with van der Waals surface area (Å²) in [5.74, 6) is 1.93. The summed E-state index contributed by atoms with van der Waals surface area (Å²) < 4.78 is 0. The van der Waals surface area contributed by atoms with Crippen LogP contribution in [0.2, 0.25) is 0 Å². The fourth-order valence-corrected chi connectivity index (χ4v) is 7.02. The molecule has 0 unspecified atom stereocenters. The standard InChI is InChI=1S/2C16H25NO.2C13H19NO.2CH3.2Zr/c2*1-15(2,3)12-8-11(10-17-7)14(18)13(9-12)16(4,5)6;1-9-6-10(13(2,3)4)7-12(15)11(9)8-14-5;1-9(2)5-11-6-10(3)7-12(8-14-4)13(11)15;;;;/h2*8-10,18H,1-7H3;6-8,15H,1-5H3;6-9,15H,5H2,1-4H3;2*1H3;;/q;;;;2*-1;;. The molecular formula is C60H94N4O4Zr2-2. The van der Waals surface area contributed by atoms with Crippen molar-refractivity contribution >= 4 is 24.9 Å². The van der Waals surface area contributed by atoms with E-state index in [2.05, 4.69) is 156 Å². The van der Waals surface area contributed by atoms with Crippen LogP contribution in [0.3, 0.4) is 0 Å². The maximum Gasteiger partial charge on any atom is 0.128 e. The minimum Gasteiger partial charge on any atom is -0.507 e. The molecule has 0 aliphatic carbocycles.